The van der Waals surface area contributed by atoms with Crippen molar-refractivity contribution in [1.82, 2.24) is 0 Å². The number of phenolic OH excluding ortho intramolecular Hbond substituents is 1. The molecule has 22 heavy (non-hydrogen) atoms. The van der Waals surface area contributed by atoms with E-state index in [1.807, 2.05) is 0 Å². The number of non-ortho nitro benzene ring substituents is 1. The summed E-state index contributed by atoms with van der Waals surface area (Å²) in [5.74, 6) is -0.131. The fraction of sp³-hybridized carbons (Fsp3) is 0.0714. The number of nitro groups is 1. The molecule has 0 aromatic heterocycles. The molecule has 2 aromatic rings. The minimum atomic E-state index is -0.496. The summed E-state index contributed by atoms with van der Waals surface area (Å²) < 4.78 is 0. The number of phenols is 1. The van der Waals surface area contributed by atoms with E-state index in [-0.39, 0.29) is 16.5 Å². The van der Waals surface area contributed by atoms with E-state index in [1.54, 1.807) is 19.1 Å². The maximum Gasteiger partial charge on any atom is 0.271 e. The van der Waals surface area contributed by atoms with Crippen molar-refractivity contribution in [2.45, 2.75) is 6.92 Å². The van der Waals surface area contributed by atoms with E-state index < -0.39 is 4.92 Å². The van der Waals surface area contributed by atoms with Gasteiger partial charge in [0.2, 0.25) is 0 Å². The van der Waals surface area contributed by atoms with Gasteiger partial charge in [-0.3, -0.25) is 15.5 Å². The topological polar surface area (TPSA) is 87.8 Å². The third-order valence-electron chi connectivity index (χ3n) is 2.83. The standard InChI is InChI=1S/C14H11Cl2N3O3/c1-8(12-5-9(15)6-13(16)14(12)20)17-18-10-3-2-4-11(7-10)19(21)22/h2-7,18,20H,1H3/b17-8+. The Balaban J connectivity index is 2.27. The molecule has 2 aromatic carbocycles. The molecule has 114 valence electrons. The Hall–Kier alpha value is -2.31. The SMILES string of the molecule is C/C(=N\Nc1cccc([N+](=O)[O-])c1)c1cc(Cl)cc(Cl)c1O. The molecule has 8 heteroatoms. The third kappa shape index (κ3) is 3.66. The van der Waals surface area contributed by atoms with Crippen LogP contribution in [0.4, 0.5) is 11.4 Å². The minimum Gasteiger partial charge on any atom is -0.506 e. The number of hydrogen-bond acceptors (Lipinski definition) is 5. The Labute approximate surface area is 136 Å². The van der Waals surface area contributed by atoms with Gasteiger partial charge < -0.3 is 5.11 Å². The van der Waals surface area contributed by atoms with Crippen LogP contribution in [0.3, 0.4) is 0 Å². The molecule has 0 spiro atoms. The normalized spacial score (nSPS) is 11.3. The van der Waals surface area contributed by atoms with E-state index in [4.69, 9.17) is 23.2 Å². The molecule has 0 amide bonds. The molecule has 0 aliphatic carbocycles. The van der Waals surface area contributed by atoms with Crippen molar-refractivity contribution in [3.05, 3.63) is 62.1 Å². The van der Waals surface area contributed by atoms with Crippen LogP contribution in [0.25, 0.3) is 0 Å². The van der Waals surface area contributed by atoms with E-state index in [2.05, 4.69) is 10.5 Å². The highest BCUT2D eigenvalue weighted by Gasteiger charge is 2.11. The fourth-order valence-corrected chi connectivity index (χ4v) is 2.23. The van der Waals surface area contributed by atoms with E-state index in [9.17, 15) is 15.2 Å². The zero-order valence-corrected chi connectivity index (χ0v) is 12.9. The average Bonchev–Trinajstić information content (AvgIpc) is 2.48. The van der Waals surface area contributed by atoms with Crippen LogP contribution in [0.1, 0.15) is 12.5 Å². The number of nitrogens with one attached hydrogen (secondary N) is 1. The molecule has 0 aliphatic heterocycles. The summed E-state index contributed by atoms with van der Waals surface area (Å²) in [6, 6.07) is 8.85. The third-order valence-corrected chi connectivity index (χ3v) is 3.33. The first kappa shape index (κ1) is 16.1. The smallest absolute Gasteiger partial charge is 0.271 e. The molecular weight excluding hydrogens is 329 g/mol. The first-order chi connectivity index (χ1) is 10.4. The number of nitro benzene ring substituents is 1. The summed E-state index contributed by atoms with van der Waals surface area (Å²) in [7, 11) is 0. The van der Waals surface area contributed by atoms with Crippen molar-refractivity contribution in [3.8, 4) is 5.75 Å². The predicted octanol–water partition coefficient (Wildman–Crippen LogP) is 4.44. The van der Waals surface area contributed by atoms with Gasteiger partial charge in [0.25, 0.3) is 5.69 Å². The molecule has 0 atom stereocenters. The number of aromatic hydroxyl groups is 1. The van der Waals surface area contributed by atoms with Crippen molar-refractivity contribution >= 4 is 40.3 Å². The van der Waals surface area contributed by atoms with Crippen LogP contribution in [0, 0.1) is 10.1 Å². The van der Waals surface area contributed by atoms with E-state index in [1.165, 1.54) is 24.3 Å². The lowest BCUT2D eigenvalue weighted by Crippen LogP contribution is -2.01. The number of rotatable bonds is 4. The highest BCUT2D eigenvalue weighted by atomic mass is 35.5. The average molecular weight is 340 g/mol. The quantitative estimate of drug-likeness (QED) is 0.489. The fourth-order valence-electron chi connectivity index (χ4n) is 1.74. The highest BCUT2D eigenvalue weighted by molar-refractivity contribution is 6.36. The summed E-state index contributed by atoms with van der Waals surface area (Å²) in [6.07, 6.45) is 0. The molecule has 0 radical (unpaired) electrons. The van der Waals surface area contributed by atoms with Crippen molar-refractivity contribution in [3.63, 3.8) is 0 Å². The van der Waals surface area contributed by atoms with Crippen molar-refractivity contribution in [1.29, 1.82) is 0 Å². The Morgan fingerprint density at radius 1 is 1.32 bits per heavy atom. The first-order valence-electron chi connectivity index (χ1n) is 6.11. The van der Waals surface area contributed by atoms with Gasteiger partial charge in [-0.05, 0) is 25.1 Å². The highest BCUT2D eigenvalue weighted by Crippen LogP contribution is 2.31. The Morgan fingerprint density at radius 3 is 2.73 bits per heavy atom. The van der Waals surface area contributed by atoms with Gasteiger partial charge in [0.1, 0.15) is 5.75 Å². The molecule has 0 aliphatic rings. The van der Waals surface area contributed by atoms with E-state index >= 15 is 0 Å². The van der Waals surface area contributed by atoms with Crippen LogP contribution < -0.4 is 5.43 Å². The summed E-state index contributed by atoms with van der Waals surface area (Å²) in [5.41, 5.74) is 3.88. The van der Waals surface area contributed by atoms with Gasteiger partial charge in [-0.1, -0.05) is 29.3 Å². The number of benzene rings is 2. The Bertz CT molecular complexity index is 763. The van der Waals surface area contributed by atoms with Crippen molar-refractivity contribution in [2.24, 2.45) is 5.10 Å². The zero-order chi connectivity index (χ0) is 16.3. The lowest BCUT2D eigenvalue weighted by molar-refractivity contribution is -0.384. The number of halogens is 2. The second kappa shape index (κ2) is 6.64. The molecule has 0 bridgehead atoms. The van der Waals surface area contributed by atoms with Crippen LogP contribution in [-0.2, 0) is 0 Å². The maximum absolute atomic E-state index is 10.7. The molecule has 2 N–H and O–H groups in total. The molecule has 0 heterocycles. The van der Waals surface area contributed by atoms with Crippen LogP contribution >= 0.6 is 23.2 Å². The lowest BCUT2D eigenvalue weighted by Gasteiger charge is -2.07. The molecule has 2 rings (SSSR count). The molecule has 0 saturated carbocycles. The van der Waals surface area contributed by atoms with Crippen LogP contribution in [0.5, 0.6) is 5.75 Å². The maximum atomic E-state index is 10.7. The summed E-state index contributed by atoms with van der Waals surface area (Å²) >= 11 is 11.7. The van der Waals surface area contributed by atoms with Crippen LogP contribution in [0.2, 0.25) is 10.0 Å². The largest absolute Gasteiger partial charge is 0.506 e. The van der Waals surface area contributed by atoms with E-state index in [0.717, 1.165) is 0 Å². The van der Waals surface area contributed by atoms with Gasteiger partial charge in [-0.2, -0.15) is 5.10 Å². The summed E-state index contributed by atoms with van der Waals surface area (Å²) in [6.45, 7) is 1.64. The minimum absolute atomic E-state index is 0.0495. The number of hydrazone groups is 1. The van der Waals surface area contributed by atoms with E-state index in [0.29, 0.717) is 22.0 Å². The van der Waals surface area contributed by atoms with Gasteiger partial charge in [-0.15, -0.1) is 0 Å². The van der Waals surface area contributed by atoms with Gasteiger partial charge in [-0.25, -0.2) is 0 Å². The monoisotopic (exact) mass is 339 g/mol. The number of nitrogens with zero attached hydrogens (tertiary/aromatic N) is 2. The van der Waals surface area contributed by atoms with Gasteiger partial charge in [0.15, 0.2) is 0 Å². The lowest BCUT2D eigenvalue weighted by atomic mass is 10.1. The number of hydrogen-bond donors (Lipinski definition) is 2. The zero-order valence-electron chi connectivity index (χ0n) is 11.4. The Kier molecular flexibility index (Phi) is 4.85. The first-order valence-corrected chi connectivity index (χ1v) is 6.87. The summed E-state index contributed by atoms with van der Waals surface area (Å²) in [5, 5.41) is 25.2. The molecule has 0 saturated heterocycles. The van der Waals surface area contributed by atoms with Gasteiger partial charge >= 0.3 is 0 Å². The molecule has 0 unspecified atom stereocenters. The molecular formula is C14H11Cl2N3O3. The van der Waals surface area contributed by atoms with Gasteiger partial charge in [0.05, 0.1) is 21.3 Å². The van der Waals surface area contributed by atoms with Crippen molar-refractivity contribution in [2.75, 3.05) is 5.43 Å². The number of anilines is 1. The van der Waals surface area contributed by atoms with Crippen molar-refractivity contribution < 1.29 is 10.0 Å². The van der Waals surface area contributed by atoms with Crippen LogP contribution in [-0.4, -0.2) is 15.7 Å². The molecule has 0 fully saturated rings. The predicted molar refractivity (Wildman–Crippen MR) is 87.1 cm³/mol. The molecule has 6 nitrogen and oxygen atoms in total. The second-order valence-electron chi connectivity index (χ2n) is 4.40. The van der Waals surface area contributed by atoms with Crippen LogP contribution in [0.15, 0.2) is 41.5 Å². The second-order valence-corrected chi connectivity index (χ2v) is 5.24. The summed E-state index contributed by atoms with van der Waals surface area (Å²) in [4.78, 5) is 10.2. The Morgan fingerprint density at radius 2 is 2.05 bits per heavy atom. The van der Waals surface area contributed by atoms with Gasteiger partial charge in [0, 0.05) is 22.7 Å².